The van der Waals surface area contributed by atoms with Gasteiger partial charge in [-0.15, -0.1) is 0 Å². The molecule has 2 rings (SSSR count). The van der Waals surface area contributed by atoms with Gasteiger partial charge in [0.15, 0.2) is 0 Å². The number of pyridine rings is 1. The van der Waals surface area contributed by atoms with Crippen LogP contribution < -0.4 is 5.32 Å². The number of hydrogen-bond acceptors (Lipinski definition) is 2. The van der Waals surface area contributed by atoms with E-state index in [2.05, 4.69) is 36.3 Å². The molecule has 2 heteroatoms. The summed E-state index contributed by atoms with van der Waals surface area (Å²) < 4.78 is 0. The van der Waals surface area contributed by atoms with Crippen LogP contribution in [0.25, 0.3) is 0 Å². The van der Waals surface area contributed by atoms with Crippen molar-refractivity contribution in [2.24, 2.45) is 5.92 Å². The number of aromatic nitrogens is 1. The second kappa shape index (κ2) is 5.44. The summed E-state index contributed by atoms with van der Waals surface area (Å²) in [5.74, 6) is 0.979. The fraction of sp³-hybridized carbons (Fsp3) is 0.643. The van der Waals surface area contributed by atoms with Crippen LogP contribution in [0, 0.1) is 5.92 Å². The van der Waals surface area contributed by atoms with Crippen LogP contribution in [0.15, 0.2) is 24.5 Å². The fourth-order valence-electron chi connectivity index (χ4n) is 2.47. The highest BCUT2D eigenvalue weighted by molar-refractivity contribution is 5.14. The molecule has 0 aliphatic heterocycles. The van der Waals surface area contributed by atoms with Crippen LogP contribution >= 0.6 is 0 Å². The van der Waals surface area contributed by atoms with Crippen molar-refractivity contribution in [2.75, 3.05) is 0 Å². The normalized spacial score (nSPS) is 20.1. The molecule has 0 aromatic carbocycles. The van der Waals surface area contributed by atoms with E-state index < -0.39 is 0 Å². The second-order valence-corrected chi connectivity index (χ2v) is 5.10. The van der Waals surface area contributed by atoms with E-state index in [4.69, 9.17) is 0 Å². The predicted octanol–water partition coefficient (Wildman–Crippen LogP) is 3.31. The Bertz CT molecular complexity index is 306. The standard InChI is InChI=1S/C14H22N2/c1-11(10-13-4-3-5-13)16-12(2)14-6-8-15-9-7-14/h6-9,11-13,16H,3-5,10H2,1-2H3. The first-order valence-electron chi connectivity index (χ1n) is 6.41. The summed E-state index contributed by atoms with van der Waals surface area (Å²) in [6.45, 7) is 4.53. The van der Waals surface area contributed by atoms with Crippen LogP contribution in [-0.4, -0.2) is 11.0 Å². The minimum absolute atomic E-state index is 0.429. The van der Waals surface area contributed by atoms with Crippen LogP contribution in [0.2, 0.25) is 0 Å². The molecule has 1 aliphatic carbocycles. The van der Waals surface area contributed by atoms with Crippen molar-refractivity contribution in [3.05, 3.63) is 30.1 Å². The van der Waals surface area contributed by atoms with Crippen molar-refractivity contribution in [2.45, 2.75) is 51.6 Å². The van der Waals surface area contributed by atoms with Crippen LogP contribution in [-0.2, 0) is 0 Å². The van der Waals surface area contributed by atoms with Crippen molar-refractivity contribution >= 4 is 0 Å². The van der Waals surface area contributed by atoms with Gasteiger partial charge in [0.1, 0.15) is 0 Å². The van der Waals surface area contributed by atoms with Crippen molar-refractivity contribution in [3.63, 3.8) is 0 Å². The molecular weight excluding hydrogens is 196 g/mol. The smallest absolute Gasteiger partial charge is 0.0295 e. The van der Waals surface area contributed by atoms with E-state index in [1.165, 1.54) is 31.2 Å². The first-order chi connectivity index (χ1) is 7.75. The molecule has 0 bridgehead atoms. The van der Waals surface area contributed by atoms with Gasteiger partial charge < -0.3 is 5.32 Å². The Hall–Kier alpha value is -0.890. The van der Waals surface area contributed by atoms with Gasteiger partial charge in [-0.2, -0.15) is 0 Å². The molecule has 1 N–H and O–H groups in total. The van der Waals surface area contributed by atoms with Gasteiger partial charge in [0, 0.05) is 24.5 Å². The minimum atomic E-state index is 0.429. The molecule has 1 saturated carbocycles. The monoisotopic (exact) mass is 218 g/mol. The summed E-state index contributed by atoms with van der Waals surface area (Å²) in [4.78, 5) is 4.05. The van der Waals surface area contributed by atoms with Gasteiger partial charge in [0.2, 0.25) is 0 Å². The second-order valence-electron chi connectivity index (χ2n) is 5.10. The van der Waals surface area contributed by atoms with Crippen molar-refractivity contribution in [1.82, 2.24) is 10.3 Å². The SMILES string of the molecule is CC(CC1CCC1)NC(C)c1ccncc1. The van der Waals surface area contributed by atoms with Crippen LogP contribution in [0.3, 0.4) is 0 Å². The van der Waals surface area contributed by atoms with Gasteiger partial charge in [0.25, 0.3) is 0 Å². The van der Waals surface area contributed by atoms with E-state index in [1.807, 2.05) is 12.4 Å². The number of nitrogens with zero attached hydrogens (tertiary/aromatic N) is 1. The van der Waals surface area contributed by atoms with E-state index in [0.717, 1.165) is 5.92 Å². The van der Waals surface area contributed by atoms with Gasteiger partial charge >= 0.3 is 0 Å². The van der Waals surface area contributed by atoms with Crippen LogP contribution in [0.1, 0.15) is 51.1 Å². The lowest BCUT2D eigenvalue weighted by atomic mass is 9.81. The summed E-state index contributed by atoms with van der Waals surface area (Å²) in [5.41, 5.74) is 1.33. The molecule has 1 aromatic heterocycles. The highest BCUT2D eigenvalue weighted by atomic mass is 14.9. The molecule has 16 heavy (non-hydrogen) atoms. The summed E-state index contributed by atoms with van der Waals surface area (Å²) >= 11 is 0. The Morgan fingerprint density at radius 3 is 2.56 bits per heavy atom. The molecule has 0 radical (unpaired) electrons. The third-order valence-electron chi connectivity index (χ3n) is 3.65. The van der Waals surface area contributed by atoms with Crippen molar-refractivity contribution in [1.29, 1.82) is 0 Å². The van der Waals surface area contributed by atoms with E-state index in [1.54, 1.807) is 0 Å². The number of hydrogen-bond donors (Lipinski definition) is 1. The van der Waals surface area contributed by atoms with E-state index >= 15 is 0 Å². The Labute approximate surface area is 98.5 Å². The Morgan fingerprint density at radius 1 is 1.31 bits per heavy atom. The van der Waals surface area contributed by atoms with E-state index in [0.29, 0.717) is 12.1 Å². The van der Waals surface area contributed by atoms with E-state index in [-0.39, 0.29) is 0 Å². The number of rotatable bonds is 5. The molecule has 88 valence electrons. The summed E-state index contributed by atoms with van der Waals surface area (Å²) in [5, 5.41) is 3.67. The summed E-state index contributed by atoms with van der Waals surface area (Å²) in [6.07, 6.45) is 9.38. The van der Waals surface area contributed by atoms with Gasteiger partial charge in [-0.3, -0.25) is 4.98 Å². The highest BCUT2D eigenvalue weighted by Gasteiger charge is 2.20. The Morgan fingerprint density at radius 2 is 2.00 bits per heavy atom. The zero-order chi connectivity index (χ0) is 11.4. The summed E-state index contributed by atoms with van der Waals surface area (Å²) in [7, 11) is 0. The average molecular weight is 218 g/mol. The lowest BCUT2D eigenvalue weighted by molar-refractivity contribution is 0.259. The molecular formula is C14H22N2. The zero-order valence-electron chi connectivity index (χ0n) is 10.3. The molecule has 0 spiro atoms. The third kappa shape index (κ3) is 3.05. The predicted molar refractivity (Wildman–Crippen MR) is 67.2 cm³/mol. The first-order valence-corrected chi connectivity index (χ1v) is 6.41. The quantitative estimate of drug-likeness (QED) is 0.820. The maximum absolute atomic E-state index is 4.05. The highest BCUT2D eigenvalue weighted by Crippen LogP contribution is 2.30. The minimum Gasteiger partial charge on any atom is -0.308 e. The molecule has 2 atom stereocenters. The Balaban J connectivity index is 1.79. The fourth-order valence-corrected chi connectivity index (χ4v) is 2.47. The first kappa shape index (κ1) is 11.6. The molecule has 1 fully saturated rings. The maximum atomic E-state index is 4.05. The van der Waals surface area contributed by atoms with Crippen molar-refractivity contribution in [3.8, 4) is 0 Å². The summed E-state index contributed by atoms with van der Waals surface area (Å²) in [6, 6.07) is 5.23. The molecule has 0 saturated heterocycles. The maximum Gasteiger partial charge on any atom is 0.0295 e. The van der Waals surface area contributed by atoms with Gasteiger partial charge in [-0.05, 0) is 43.9 Å². The number of nitrogens with one attached hydrogen (secondary N) is 1. The van der Waals surface area contributed by atoms with Gasteiger partial charge in [-0.1, -0.05) is 19.3 Å². The lowest BCUT2D eigenvalue weighted by Crippen LogP contribution is -2.32. The molecule has 2 unspecified atom stereocenters. The largest absolute Gasteiger partial charge is 0.308 e. The molecule has 1 aromatic rings. The van der Waals surface area contributed by atoms with E-state index in [9.17, 15) is 0 Å². The van der Waals surface area contributed by atoms with Crippen LogP contribution in [0.4, 0.5) is 0 Å². The van der Waals surface area contributed by atoms with Crippen LogP contribution in [0.5, 0.6) is 0 Å². The average Bonchev–Trinajstić information content (AvgIpc) is 2.25. The lowest BCUT2D eigenvalue weighted by Gasteiger charge is -2.30. The third-order valence-corrected chi connectivity index (χ3v) is 3.65. The Kier molecular flexibility index (Phi) is 3.94. The molecule has 1 aliphatic rings. The topological polar surface area (TPSA) is 24.9 Å². The van der Waals surface area contributed by atoms with Gasteiger partial charge in [-0.25, -0.2) is 0 Å². The molecule has 1 heterocycles. The zero-order valence-corrected chi connectivity index (χ0v) is 10.3. The van der Waals surface area contributed by atoms with Crippen molar-refractivity contribution < 1.29 is 0 Å². The molecule has 0 amide bonds. The molecule has 2 nitrogen and oxygen atoms in total. The van der Waals surface area contributed by atoms with Gasteiger partial charge in [0.05, 0.1) is 0 Å².